The lowest BCUT2D eigenvalue weighted by atomic mass is 10.00. The summed E-state index contributed by atoms with van der Waals surface area (Å²) in [7, 11) is 0. The van der Waals surface area contributed by atoms with Crippen LogP contribution in [0.15, 0.2) is 10.9 Å². The Morgan fingerprint density at radius 3 is 2.90 bits per heavy atom. The quantitative estimate of drug-likeness (QED) is 0.892. The lowest BCUT2D eigenvalue weighted by Gasteiger charge is -2.18. The summed E-state index contributed by atoms with van der Waals surface area (Å²) in [6.07, 6.45) is 6.11. The van der Waals surface area contributed by atoms with Gasteiger partial charge in [0.05, 0.1) is 6.54 Å². The van der Waals surface area contributed by atoms with E-state index in [9.17, 15) is 0 Å². The summed E-state index contributed by atoms with van der Waals surface area (Å²) in [5.74, 6) is 2.01. The summed E-state index contributed by atoms with van der Waals surface area (Å²) in [6, 6.07) is 1.01. The molecule has 0 unspecified atom stereocenters. The molecule has 2 aromatic heterocycles. The van der Waals surface area contributed by atoms with Crippen molar-refractivity contribution in [3.05, 3.63) is 18.0 Å². The monoisotopic (exact) mass is 290 g/mol. The summed E-state index contributed by atoms with van der Waals surface area (Å²) >= 11 is 0. The van der Waals surface area contributed by atoms with Crippen LogP contribution in [0, 0.1) is 0 Å². The van der Waals surface area contributed by atoms with Gasteiger partial charge in [-0.1, -0.05) is 5.16 Å². The average Bonchev–Trinajstić information content (AvgIpc) is 3.09. The third-order valence-electron chi connectivity index (χ3n) is 4.01. The molecule has 1 aliphatic heterocycles. The van der Waals surface area contributed by atoms with Crippen LogP contribution in [0.5, 0.6) is 0 Å². The van der Waals surface area contributed by atoms with Crippen molar-refractivity contribution in [3.8, 4) is 0 Å². The van der Waals surface area contributed by atoms with Crippen molar-refractivity contribution in [2.45, 2.75) is 44.2 Å². The molecular weight excluding hydrogens is 272 g/mol. The van der Waals surface area contributed by atoms with Crippen LogP contribution in [-0.4, -0.2) is 38.1 Å². The van der Waals surface area contributed by atoms with E-state index in [4.69, 9.17) is 9.26 Å². The van der Waals surface area contributed by atoms with Crippen molar-refractivity contribution in [2.75, 3.05) is 18.5 Å². The van der Waals surface area contributed by atoms with Gasteiger partial charge in [0.2, 0.25) is 0 Å². The van der Waals surface area contributed by atoms with Crippen molar-refractivity contribution in [1.29, 1.82) is 0 Å². The molecule has 2 fully saturated rings. The smallest absolute Gasteiger partial charge is 0.321 e. The van der Waals surface area contributed by atoms with Gasteiger partial charge in [-0.3, -0.25) is 0 Å². The summed E-state index contributed by atoms with van der Waals surface area (Å²) in [4.78, 5) is 4.42. The molecule has 2 aliphatic rings. The van der Waals surface area contributed by atoms with E-state index in [0.717, 1.165) is 37.7 Å². The minimum Gasteiger partial charge on any atom is -0.381 e. The molecular formula is C13H18N6O2. The molecule has 0 radical (unpaired) electrons. The Morgan fingerprint density at radius 2 is 2.10 bits per heavy atom. The molecule has 1 saturated carbocycles. The molecule has 21 heavy (non-hydrogen) atoms. The van der Waals surface area contributed by atoms with E-state index < -0.39 is 0 Å². The molecule has 1 saturated heterocycles. The van der Waals surface area contributed by atoms with Gasteiger partial charge >= 0.3 is 6.01 Å². The van der Waals surface area contributed by atoms with Gasteiger partial charge in [-0.05, 0) is 25.7 Å². The van der Waals surface area contributed by atoms with Gasteiger partial charge in [0.15, 0.2) is 11.6 Å². The molecule has 1 N–H and O–H groups in total. The molecule has 4 rings (SSSR count). The molecule has 8 heteroatoms. The normalized spacial score (nSPS) is 19.8. The highest BCUT2D eigenvalue weighted by molar-refractivity contribution is 5.20. The first-order valence-electron chi connectivity index (χ1n) is 7.44. The summed E-state index contributed by atoms with van der Waals surface area (Å²) in [5.41, 5.74) is 0. The predicted molar refractivity (Wildman–Crippen MR) is 72.7 cm³/mol. The van der Waals surface area contributed by atoms with Gasteiger partial charge in [0.1, 0.15) is 6.33 Å². The van der Waals surface area contributed by atoms with Crippen LogP contribution >= 0.6 is 0 Å². The largest absolute Gasteiger partial charge is 0.381 e. The summed E-state index contributed by atoms with van der Waals surface area (Å²) in [5, 5.41) is 15.3. The van der Waals surface area contributed by atoms with Crippen LogP contribution < -0.4 is 5.32 Å². The first kappa shape index (κ1) is 12.8. The number of rotatable bonds is 5. The minimum absolute atomic E-state index is 0.341. The molecule has 3 heterocycles. The molecule has 0 amide bonds. The molecule has 0 atom stereocenters. The van der Waals surface area contributed by atoms with Crippen molar-refractivity contribution in [1.82, 2.24) is 24.9 Å². The molecule has 2 aromatic rings. The fourth-order valence-corrected chi connectivity index (χ4v) is 2.63. The van der Waals surface area contributed by atoms with Crippen LogP contribution in [0.1, 0.15) is 49.3 Å². The Bertz CT molecular complexity index is 599. The second-order valence-corrected chi connectivity index (χ2v) is 5.58. The Labute approximate surface area is 121 Å². The van der Waals surface area contributed by atoms with Crippen molar-refractivity contribution < 1.29 is 9.26 Å². The fraction of sp³-hybridized carbons (Fsp3) is 0.692. The van der Waals surface area contributed by atoms with Crippen LogP contribution in [0.25, 0.3) is 0 Å². The predicted octanol–water partition coefficient (Wildman–Crippen LogP) is 1.50. The first-order chi connectivity index (χ1) is 10.4. The van der Waals surface area contributed by atoms with Crippen LogP contribution in [0.4, 0.5) is 6.01 Å². The zero-order chi connectivity index (χ0) is 14.1. The standard InChI is InChI=1S/C13H18N6O2/c1-2-10(1)19-8-15-17-11(19)7-14-13-16-12(18-21-13)9-3-5-20-6-4-9/h8-10H,1-7H2,(H,14,16,18). The zero-order valence-corrected chi connectivity index (χ0v) is 11.7. The topological polar surface area (TPSA) is 90.9 Å². The van der Waals surface area contributed by atoms with Crippen LogP contribution in [0.2, 0.25) is 0 Å². The van der Waals surface area contributed by atoms with Crippen LogP contribution in [-0.2, 0) is 11.3 Å². The Morgan fingerprint density at radius 1 is 1.24 bits per heavy atom. The maximum absolute atomic E-state index is 5.35. The van der Waals surface area contributed by atoms with Crippen molar-refractivity contribution >= 4 is 6.01 Å². The van der Waals surface area contributed by atoms with E-state index in [1.54, 1.807) is 6.33 Å². The Hall–Kier alpha value is -1.96. The fourth-order valence-electron chi connectivity index (χ4n) is 2.63. The molecule has 0 aromatic carbocycles. The molecule has 0 spiro atoms. The number of ether oxygens (including phenoxy) is 1. The van der Waals surface area contributed by atoms with Gasteiger partial charge < -0.3 is 19.1 Å². The van der Waals surface area contributed by atoms with Crippen LogP contribution in [0.3, 0.4) is 0 Å². The van der Waals surface area contributed by atoms with Crippen molar-refractivity contribution in [2.24, 2.45) is 0 Å². The maximum atomic E-state index is 5.35. The van der Waals surface area contributed by atoms with E-state index in [-0.39, 0.29) is 0 Å². The molecule has 0 bridgehead atoms. The average molecular weight is 290 g/mol. The number of nitrogens with zero attached hydrogens (tertiary/aromatic N) is 5. The molecule has 112 valence electrons. The number of anilines is 1. The number of hydrogen-bond acceptors (Lipinski definition) is 7. The van der Waals surface area contributed by atoms with Gasteiger partial charge in [0, 0.05) is 25.2 Å². The molecule has 1 aliphatic carbocycles. The third kappa shape index (κ3) is 2.76. The van der Waals surface area contributed by atoms with Gasteiger partial charge in [-0.2, -0.15) is 4.98 Å². The third-order valence-corrected chi connectivity index (χ3v) is 4.01. The Balaban J connectivity index is 1.38. The zero-order valence-electron chi connectivity index (χ0n) is 11.7. The van der Waals surface area contributed by atoms with E-state index >= 15 is 0 Å². The maximum Gasteiger partial charge on any atom is 0.321 e. The van der Waals surface area contributed by atoms with E-state index in [1.165, 1.54) is 12.8 Å². The van der Waals surface area contributed by atoms with Crippen molar-refractivity contribution in [3.63, 3.8) is 0 Å². The van der Waals surface area contributed by atoms with E-state index in [1.807, 2.05) is 0 Å². The first-order valence-corrected chi connectivity index (χ1v) is 7.44. The van der Waals surface area contributed by atoms with Gasteiger partial charge in [0.25, 0.3) is 0 Å². The second kappa shape index (κ2) is 5.44. The lowest BCUT2D eigenvalue weighted by Crippen LogP contribution is -2.15. The second-order valence-electron chi connectivity index (χ2n) is 5.58. The highest BCUT2D eigenvalue weighted by Gasteiger charge is 2.26. The highest BCUT2D eigenvalue weighted by atomic mass is 16.5. The summed E-state index contributed by atoms with van der Waals surface area (Å²) < 4.78 is 12.7. The SMILES string of the molecule is c1nnc(CNc2nc(C3CCOCC3)no2)n1C1CC1. The lowest BCUT2D eigenvalue weighted by molar-refractivity contribution is 0.0830. The number of aromatic nitrogens is 5. The molecule has 8 nitrogen and oxygen atoms in total. The van der Waals surface area contributed by atoms with Gasteiger partial charge in [-0.15, -0.1) is 10.2 Å². The van der Waals surface area contributed by atoms with E-state index in [2.05, 4.69) is 30.2 Å². The number of hydrogen-bond donors (Lipinski definition) is 1. The summed E-state index contributed by atoms with van der Waals surface area (Å²) in [6.45, 7) is 2.09. The minimum atomic E-state index is 0.341. The Kier molecular flexibility index (Phi) is 3.30. The van der Waals surface area contributed by atoms with Gasteiger partial charge in [-0.25, -0.2) is 0 Å². The number of nitrogens with one attached hydrogen (secondary N) is 1. The highest BCUT2D eigenvalue weighted by Crippen LogP contribution is 2.35. The van der Waals surface area contributed by atoms with E-state index in [0.29, 0.717) is 24.5 Å².